The van der Waals surface area contributed by atoms with Gasteiger partial charge in [0.1, 0.15) is 16.5 Å². The van der Waals surface area contributed by atoms with Crippen molar-refractivity contribution in [1.82, 2.24) is 9.88 Å². The second kappa shape index (κ2) is 7.00. The summed E-state index contributed by atoms with van der Waals surface area (Å²) in [7, 11) is 1.61. The van der Waals surface area contributed by atoms with Crippen molar-refractivity contribution < 1.29 is 14.3 Å². The first-order valence-corrected chi connectivity index (χ1v) is 8.65. The second-order valence-corrected chi connectivity index (χ2v) is 6.59. The van der Waals surface area contributed by atoms with E-state index in [4.69, 9.17) is 10.5 Å². The Kier molecular flexibility index (Phi) is 4.80. The molecular weight excluding hydrogens is 326 g/mol. The third-order valence-corrected chi connectivity index (χ3v) is 5.05. The van der Waals surface area contributed by atoms with Crippen molar-refractivity contribution in [2.75, 3.05) is 20.2 Å². The van der Waals surface area contributed by atoms with Crippen LogP contribution in [0.3, 0.4) is 0 Å². The van der Waals surface area contributed by atoms with Gasteiger partial charge in [0, 0.05) is 18.5 Å². The van der Waals surface area contributed by atoms with Crippen LogP contribution < -0.4 is 10.5 Å². The number of carbonyl (C=O) groups is 2. The largest absolute Gasteiger partial charge is 0.496 e. The van der Waals surface area contributed by atoms with Gasteiger partial charge in [-0.05, 0) is 25.0 Å². The van der Waals surface area contributed by atoms with Gasteiger partial charge in [0.15, 0.2) is 0 Å². The highest BCUT2D eigenvalue weighted by molar-refractivity contribution is 7.13. The van der Waals surface area contributed by atoms with E-state index in [1.54, 1.807) is 17.4 Å². The molecule has 126 valence electrons. The van der Waals surface area contributed by atoms with Crippen molar-refractivity contribution in [2.45, 2.75) is 12.8 Å². The number of nitrogens with two attached hydrogens (primary N) is 1. The Morgan fingerprint density at radius 2 is 2.17 bits per heavy atom. The maximum atomic E-state index is 12.7. The summed E-state index contributed by atoms with van der Waals surface area (Å²) in [4.78, 5) is 30.2. The summed E-state index contributed by atoms with van der Waals surface area (Å²) in [5.41, 5.74) is 6.63. The minimum Gasteiger partial charge on any atom is -0.496 e. The second-order valence-electron chi connectivity index (χ2n) is 5.73. The van der Waals surface area contributed by atoms with Crippen LogP contribution in [0.2, 0.25) is 0 Å². The van der Waals surface area contributed by atoms with Crippen molar-refractivity contribution in [3.8, 4) is 16.3 Å². The van der Waals surface area contributed by atoms with Crippen LogP contribution in [0.25, 0.3) is 10.6 Å². The van der Waals surface area contributed by atoms with Crippen LogP contribution in [0.4, 0.5) is 0 Å². The first-order valence-electron chi connectivity index (χ1n) is 7.77. The quantitative estimate of drug-likeness (QED) is 0.920. The Morgan fingerprint density at radius 3 is 2.92 bits per heavy atom. The number of thiazole rings is 1. The molecular formula is C17H19N3O3S. The summed E-state index contributed by atoms with van der Waals surface area (Å²) in [6, 6.07) is 7.57. The Hall–Kier alpha value is -2.41. The number of aromatic nitrogens is 1. The highest BCUT2D eigenvalue weighted by atomic mass is 32.1. The molecule has 0 radical (unpaired) electrons. The normalized spacial score (nSPS) is 17.5. The van der Waals surface area contributed by atoms with Crippen LogP contribution in [-0.4, -0.2) is 41.9 Å². The van der Waals surface area contributed by atoms with Crippen LogP contribution in [0.1, 0.15) is 23.3 Å². The van der Waals surface area contributed by atoms with E-state index in [2.05, 4.69) is 4.98 Å². The van der Waals surface area contributed by atoms with Gasteiger partial charge in [-0.25, -0.2) is 4.98 Å². The molecule has 1 saturated heterocycles. The zero-order chi connectivity index (χ0) is 17.1. The standard InChI is InChI=1S/C17H19N3O3S/c1-23-14-7-3-2-6-12(14)16-19-13(10-24-16)17(22)20-8-4-5-11(9-20)15(18)21/h2-3,6-7,10-11H,4-5,8-9H2,1H3,(H2,18,21)/t11-/m0/s1. The molecule has 0 saturated carbocycles. The number of likely N-dealkylation sites (tertiary alicyclic amines) is 1. The maximum Gasteiger partial charge on any atom is 0.273 e. The number of carbonyl (C=O) groups excluding carboxylic acids is 2. The third kappa shape index (κ3) is 3.26. The summed E-state index contributed by atoms with van der Waals surface area (Å²) >= 11 is 1.40. The number of benzene rings is 1. The fraction of sp³-hybridized carbons (Fsp3) is 0.353. The molecule has 1 aliphatic heterocycles. The van der Waals surface area contributed by atoms with Gasteiger partial charge >= 0.3 is 0 Å². The van der Waals surface area contributed by atoms with E-state index >= 15 is 0 Å². The Labute approximate surface area is 144 Å². The minimum absolute atomic E-state index is 0.154. The molecule has 1 fully saturated rings. The van der Waals surface area contributed by atoms with Gasteiger partial charge in [-0.15, -0.1) is 11.3 Å². The SMILES string of the molecule is COc1ccccc1-c1nc(C(=O)N2CCC[C@H](C(N)=O)C2)cs1. The molecule has 2 aromatic rings. The molecule has 0 bridgehead atoms. The molecule has 7 heteroatoms. The number of ether oxygens (including phenoxy) is 1. The number of hydrogen-bond acceptors (Lipinski definition) is 5. The average Bonchev–Trinajstić information content (AvgIpc) is 3.11. The zero-order valence-electron chi connectivity index (χ0n) is 13.4. The third-order valence-electron chi connectivity index (χ3n) is 4.17. The van der Waals surface area contributed by atoms with E-state index in [0.29, 0.717) is 18.8 Å². The fourth-order valence-corrected chi connectivity index (χ4v) is 3.70. The van der Waals surface area contributed by atoms with Crippen molar-refractivity contribution in [2.24, 2.45) is 11.7 Å². The number of hydrogen-bond donors (Lipinski definition) is 1. The molecule has 1 aromatic carbocycles. The molecule has 2 amide bonds. The summed E-state index contributed by atoms with van der Waals surface area (Å²) in [5.74, 6) is -0.0496. The molecule has 0 aliphatic carbocycles. The minimum atomic E-state index is -0.347. The molecule has 0 spiro atoms. The number of amides is 2. The lowest BCUT2D eigenvalue weighted by Crippen LogP contribution is -2.44. The van der Waals surface area contributed by atoms with Crippen molar-refractivity contribution >= 4 is 23.2 Å². The van der Waals surface area contributed by atoms with Gasteiger partial charge in [0.05, 0.1) is 18.6 Å². The topological polar surface area (TPSA) is 85.5 Å². The van der Waals surface area contributed by atoms with E-state index in [1.807, 2.05) is 24.3 Å². The van der Waals surface area contributed by atoms with E-state index in [0.717, 1.165) is 29.2 Å². The van der Waals surface area contributed by atoms with Gasteiger partial charge in [-0.3, -0.25) is 9.59 Å². The van der Waals surface area contributed by atoms with Gasteiger partial charge < -0.3 is 15.4 Å². The predicted octanol–water partition coefficient (Wildman–Crippen LogP) is 2.16. The number of primary amides is 1. The molecule has 0 unspecified atom stereocenters. The highest BCUT2D eigenvalue weighted by Gasteiger charge is 2.28. The smallest absolute Gasteiger partial charge is 0.273 e. The van der Waals surface area contributed by atoms with Crippen LogP contribution in [-0.2, 0) is 4.79 Å². The molecule has 1 aromatic heterocycles. The number of methoxy groups -OCH3 is 1. The lowest BCUT2D eigenvalue weighted by atomic mass is 9.97. The lowest BCUT2D eigenvalue weighted by molar-refractivity contribution is -0.123. The van der Waals surface area contributed by atoms with Crippen LogP contribution in [0, 0.1) is 5.92 Å². The first kappa shape index (κ1) is 16.4. The molecule has 2 N–H and O–H groups in total. The monoisotopic (exact) mass is 345 g/mol. The van der Waals surface area contributed by atoms with E-state index in [-0.39, 0.29) is 17.7 Å². The van der Waals surface area contributed by atoms with E-state index in [9.17, 15) is 9.59 Å². The average molecular weight is 345 g/mol. The molecule has 24 heavy (non-hydrogen) atoms. The van der Waals surface area contributed by atoms with Gasteiger partial charge in [-0.2, -0.15) is 0 Å². The Morgan fingerprint density at radius 1 is 1.38 bits per heavy atom. The summed E-state index contributed by atoms with van der Waals surface area (Å²) in [6.07, 6.45) is 1.52. The highest BCUT2D eigenvalue weighted by Crippen LogP contribution is 2.32. The summed E-state index contributed by atoms with van der Waals surface area (Å²) < 4.78 is 5.35. The number of rotatable bonds is 4. The van der Waals surface area contributed by atoms with Crippen molar-refractivity contribution in [3.05, 3.63) is 35.3 Å². The lowest BCUT2D eigenvalue weighted by Gasteiger charge is -2.30. The molecule has 3 rings (SSSR count). The van der Waals surface area contributed by atoms with E-state index < -0.39 is 0 Å². The summed E-state index contributed by atoms with van der Waals surface area (Å²) in [6.45, 7) is 1.000. The van der Waals surface area contributed by atoms with Crippen LogP contribution in [0.15, 0.2) is 29.6 Å². The Balaban J connectivity index is 1.80. The maximum absolute atomic E-state index is 12.7. The molecule has 6 nitrogen and oxygen atoms in total. The Bertz CT molecular complexity index is 759. The number of piperidine rings is 1. The van der Waals surface area contributed by atoms with Crippen LogP contribution in [0.5, 0.6) is 5.75 Å². The van der Waals surface area contributed by atoms with Crippen molar-refractivity contribution in [1.29, 1.82) is 0 Å². The molecule has 2 heterocycles. The predicted molar refractivity (Wildman–Crippen MR) is 91.9 cm³/mol. The molecule has 1 atom stereocenters. The fourth-order valence-electron chi connectivity index (χ4n) is 2.87. The van der Waals surface area contributed by atoms with Crippen molar-refractivity contribution in [3.63, 3.8) is 0 Å². The van der Waals surface area contributed by atoms with Gasteiger partial charge in [0.25, 0.3) is 5.91 Å². The number of para-hydroxylation sites is 1. The van der Waals surface area contributed by atoms with Gasteiger partial charge in [-0.1, -0.05) is 12.1 Å². The van der Waals surface area contributed by atoms with E-state index in [1.165, 1.54) is 11.3 Å². The number of nitrogens with zero attached hydrogens (tertiary/aromatic N) is 2. The first-order chi connectivity index (χ1) is 11.6. The molecule has 1 aliphatic rings. The summed E-state index contributed by atoms with van der Waals surface area (Å²) in [5, 5.41) is 2.48. The van der Waals surface area contributed by atoms with Gasteiger partial charge in [0.2, 0.25) is 5.91 Å². The van der Waals surface area contributed by atoms with Crippen LogP contribution >= 0.6 is 11.3 Å². The zero-order valence-corrected chi connectivity index (χ0v) is 14.2.